The second-order valence-electron chi connectivity index (χ2n) is 5.52. The van der Waals surface area contributed by atoms with Gasteiger partial charge in [-0.15, -0.1) is 0 Å². The van der Waals surface area contributed by atoms with E-state index in [9.17, 15) is 5.11 Å². The fraction of sp³-hybridized carbons (Fsp3) is 1.00. The molecule has 0 aliphatic heterocycles. The van der Waals surface area contributed by atoms with Crippen LogP contribution in [0, 0.1) is 0 Å². The Balaban J connectivity index is 1.98. The lowest BCUT2D eigenvalue weighted by molar-refractivity contribution is -0.0133. The Morgan fingerprint density at radius 2 is 2.00 bits per heavy atom. The van der Waals surface area contributed by atoms with Gasteiger partial charge in [0.1, 0.15) is 0 Å². The van der Waals surface area contributed by atoms with E-state index in [2.05, 4.69) is 12.2 Å². The van der Waals surface area contributed by atoms with Crippen molar-refractivity contribution < 1.29 is 14.6 Å². The summed E-state index contributed by atoms with van der Waals surface area (Å²) in [6.45, 7) is 8.36. The van der Waals surface area contributed by atoms with Gasteiger partial charge in [-0.05, 0) is 39.5 Å². The number of hydrogen-bond donors (Lipinski definition) is 2. The minimum Gasteiger partial charge on any atom is -0.389 e. The molecule has 0 amide bonds. The number of β-amino-alcohol motifs (C(OH)–C–C–N with tert-alkyl or cyclic N) is 1. The summed E-state index contributed by atoms with van der Waals surface area (Å²) < 4.78 is 10.7. The van der Waals surface area contributed by atoms with Crippen molar-refractivity contribution in [3.8, 4) is 0 Å². The molecule has 1 rings (SSSR count). The Morgan fingerprint density at radius 1 is 1.28 bits per heavy atom. The molecule has 4 heteroatoms. The predicted octanol–water partition coefficient (Wildman–Crippen LogP) is 1.71. The summed E-state index contributed by atoms with van der Waals surface area (Å²) in [6.07, 6.45) is 4.73. The molecule has 0 radical (unpaired) electrons. The SMILES string of the molecule is CCC1(NCC(O)COCCOC(C)C)CCC1. The van der Waals surface area contributed by atoms with Crippen LogP contribution in [0.25, 0.3) is 0 Å². The van der Waals surface area contributed by atoms with E-state index in [1.807, 2.05) is 13.8 Å². The third-order valence-electron chi connectivity index (χ3n) is 3.69. The van der Waals surface area contributed by atoms with Crippen molar-refractivity contribution in [2.75, 3.05) is 26.4 Å². The van der Waals surface area contributed by atoms with Gasteiger partial charge in [-0.2, -0.15) is 0 Å². The van der Waals surface area contributed by atoms with Gasteiger partial charge in [0, 0.05) is 12.1 Å². The number of hydrogen-bond acceptors (Lipinski definition) is 4. The largest absolute Gasteiger partial charge is 0.389 e. The lowest BCUT2D eigenvalue weighted by Gasteiger charge is -2.42. The normalized spacial score (nSPS) is 19.8. The van der Waals surface area contributed by atoms with E-state index in [1.54, 1.807) is 0 Å². The van der Waals surface area contributed by atoms with Crippen LogP contribution in [0.5, 0.6) is 0 Å². The average Bonchev–Trinajstić information content (AvgIpc) is 2.27. The number of rotatable bonds is 10. The fourth-order valence-electron chi connectivity index (χ4n) is 2.21. The molecule has 0 bridgehead atoms. The van der Waals surface area contributed by atoms with Crippen LogP contribution in [-0.2, 0) is 9.47 Å². The lowest BCUT2D eigenvalue weighted by atomic mass is 9.75. The first-order valence-corrected chi connectivity index (χ1v) is 7.20. The summed E-state index contributed by atoms with van der Waals surface area (Å²) in [4.78, 5) is 0. The van der Waals surface area contributed by atoms with E-state index in [4.69, 9.17) is 9.47 Å². The summed E-state index contributed by atoms with van der Waals surface area (Å²) in [7, 11) is 0. The molecule has 4 nitrogen and oxygen atoms in total. The first-order chi connectivity index (χ1) is 8.58. The maximum absolute atomic E-state index is 9.81. The molecule has 0 saturated heterocycles. The van der Waals surface area contributed by atoms with Crippen LogP contribution in [0.4, 0.5) is 0 Å². The van der Waals surface area contributed by atoms with E-state index in [-0.39, 0.29) is 6.10 Å². The maximum atomic E-state index is 9.81. The van der Waals surface area contributed by atoms with Gasteiger partial charge in [-0.1, -0.05) is 6.92 Å². The van der Waals surface area contributed by atoms with Crippen molar-refractivity contribution in [1.29, 1.82) is 0 Å². The van der Waals surface area contributed by atoms with Crippen LogP contribution >= 0.6 is 0 Å². The van der Waals surface area contributed by atoms with E-state index in [1.165, 1.54) is 19.3 Å². The summed E-state index contributed by atoms with van der Waals surface area (Å²) in [5.74, 6) is 0. The van der Waals surface area contributed by atoms with Crippen LogP contribution in [0.1, 0.15) is 46.5 Å². The third-order valence-corrected chi connectivity index (χ3v) is 3.69. The first kappa shape index (κ1) is 15.9. The van der Waals surface area contributed by atoms with E-state index < -0.39 is 6.10 Å². The van der Waals surface area contributed by atoms with Crippen molar-refractivity contribution in [2.45, 2.75) is 64.2 Å². The minimum atomic E-state index is -0.423. The molecule has 2 N–H and O–H groups in total. The fourth-order valence-corrected chi connectivity index (χ4v) is 2.21. The molecule has 0 spiro atoms. The molecular weight excluding hydrogens is 230 g/mol. The van der Waals surface area contributed by atoms with Crippen molar-refractivity contribution in [1.82, 2.24) is 5.32 Å². The van der Waals surface area contributed by atoms with Crippen LogP contribution in [0.15, 0.2) is 0 Å². The molecule has 108 valence electrons. The Bertz CT molecular complexity index is 212. The Labute approximate surface area is 111 Å². The van der Waals surface area contributed by atoms with Gasteiger partial charge in [-0.3, -0.25) is 0 Å². The molecule has 18 heavy (non-hydrogen) atoms. The van der Waals surface area contributed by atoms with Gasteiger partial charge in [-0.25, -0.2) is 0 Å². The monoisotopic (exact) mass is 259 g/mol. The zero-order valence-electron chi connectivity index (χ0n) is 12.1. The second kappa shape index (κ2) is 8.10. The number of nitrogens with one attached hydrogen (secondary N) is 1. The number of ether oxygens (including phenoxy) is 2. The van der Waals surface area contributed by atoms with Gasteiger partial charge in [0.25, 0.3) is 0 Å². The molecule has 0 heterocycles. The summed E-state index contributed by atoms with van der Waals surface area (Å²) in [6, 6.07) is 0. The number of aliphatic hydroxyl groups is 1. The highest BCUT2D eigenvalue weighted by atomic mass is 16.5. The molecule has 1 atom stereocenters. The van der Waals surface area contributed by atoms with Crippen molar-refractivity contribution in [2.24, 2.45) is 0 Å². The molecule has 1 fully saturated rings. The maximum Gasteiger partial charge on any atom is 0.0897 e. The quantitative estimate of drug-likeness (QED) is 0.586. The first-order valence-electron chi connectivity index (χ1n) is 7.20. The summed E-state index contributed by atoms with van der Waals surface area (Å²) in [5.41, 5.74) is 0.293. The van der Waals surface area contributed by atoms with Crippen molar-refractivity contribution >= 4 is 0 Å². The predicted molar refractivity (Wildman–Crippen MR) is 72.8 cm³/mol. The van der Waals surface area contributed by atoms with Crippen LogP contribution in [0.2, 0.25) is 0 Å². The Kier molecular flexibility index (Phi) is 7.15. The highest BCUT2D eigenvalue weighted by molar-refractivity contribution is 4.94. The van der Waals surface area contributed by atoms with Crippen LogP contribution in [0.3, 0.4) is 0 Å². The van der Waals surface area contributed by atoms with Gasteiger partial charge >= 0.3 is 0 Å². The molecule has 0 aromatic heterocycles. The summed E-state index contributed by atoms with van der Waals surface area (Å²) >= 11 is 0. The van der Waals surface area contributed by atoms with Crippen LogP contribution in [-0.4, -0.2) is 49.2 Å². The molecular formula is C14H29NO3. The van der Waals surface area contributed by atoms with Gasteiger partial charge in [0.15, 0.2) is 0 Å². The van der Waals surface area contributed by atoms with Crippen molar-refractivity contribution in [3.05, 3.63) is 0 Å². The zero-order chi connectivity index (χ0) is 13.4. The minimum absolute atomic E-state index is 0.239. The van der Waals surface area contributed by atoms with Crippen molar-refractivity contribution in [3.63, 3.8) is 0 Å². The Morgan fingerprint density at radius 3 is 2.50 bits per heavy atom. The smallest absolute Gasteiger partial charge is 0.0897 e. The van der Waals surface area contributed by atoms with E-state index in [0.29, 0.717) is 31.9 Å². The summed E-state index contributed by atoms with van der Waals surface area (Å²) in [5, 5.41) is 13.3. The lowest BCUT2D eigenvalue weighted by Crippen LogP contribution is -2.53. The van der Waals surface area contributed by atoms with Gasteiger partial charge < -0.3 is 19.9 Å². The Hall–Kier alpha value is -0.160. The molecule has 1 saturated carbocycles. The zero-order valence-corrected chi connectivity index (χ0v) is 12.1. The molecule has 0 aromatic rings. The second-order valence-corrected chi connectivity index (χ2v) is 5.52. The molecule has 0 aromatic carbocycles. The van der Waals surface area contributed by atoms with Crippen LogP contribution < -0.4 is 5.32 Å². The van der Waals surface area contributed by atoms with Gasteiger partial charge in [0.05, 0.1) is 32.0 Å². The average molecular weight is 259 g/mol. The molecule has 1 unspecified atom stereocenters. The van der Waals surface area contributed by atoms with Gasteiger partial charge in [0.2, 0.25) is 0 Å². The molecule has 1 aliphatic carbocycles. The number of aliphatic hydroxyl groups excluding tert-OH is 1. The highest BCUT2D eigenvalue weighted by Crippen LogP contribution is 2.34. The standard InChI is InChI=1S/C14H29NO3/c1-4-14(6-5-7-14)15-10-13(16)11-17-8-9-18-12(2)3/h12-13,15-16H,4-11H2,1-3H3. The topological polar surface area (TPSA) is 50.7 Å². The van der Waals surface area contributed by atoms with E-state index in [0.717, 1.165) is 6.42 Å². The highest BCUT2D eigenvalue weighted by Gasteiger charge is 2.34. The molecule has 1 aliphatic rings. The third kappa shape index (κ3) is 5.65. The van der Waals surface area contributed by atoms with E-state index >= 15 is 0 Å².